The van der Waals surface area contributed by atoms with Gasteiger partial charge < -0.3 is 4.90 Å². The third-order valence-electron chi connectivity index (χ3n) is 2.98. The Kier molecular flexibility index (Phi) is 2.82. The van der Waals surface area contributed by atoms with Crippen LogP contribution in [-0.2, 0) is 0 Å². The molecule has 0 saturated carbocycles. The van der Waals surface area contributed by atoms with Gasteiger partial charge in [-0.15, -0.1) is 0 Å². The van der Waals surface area contributed by atoms with Crippen molar-refractivity contribution < 1.29 is 0 Å². The molecule has 2 rings (SSSR count). The molecule has 1 saturated heterocycles. The van der Waals surface area contributed by atoms with Crippen molar-refractivity contribution in [1.29, 1.82) is 0 Å². The van der Waals surface area contributed by atoms with E-state index in [1.807, 2.05) is 6.20 Å². The first-order chi connectivity index (χ1) is 6.75. The van der Waals surface area contributed by atoms with Gasteiger partial charge in [0.25, 0.3) is 0 Å². The fraction of sp³-hybridized carbons (Fsp3) is 0.583. The van der Waals surface area contributed by atoms with E-state index in [0.717, 1.165) is 6.54 Å². The third-order valence-corrected chi connectivity index (χ3v) is 2.98. The van der Waals surface area contributed by atoms with Crippen LogP contribution in [0.4, 0.5) is 0 Å². The van der Waals surface area contributed by atoms with E-state index in [2.05, 4.69) is 36.0 Å². The molecule has 0 bridgehead atoms. The molecule has 1 aliphatic heterocycles. The van der Waals surface area contributed by atoms with E-state index in [-0.39, 0.29) is 0 Å². The summed E-state index contributed by atoms with van der Waals surface area (Å²) in [6.45, 7) is 4.49. The lowest BCUT2D eigenvalue weighted by Crippen LogP contribution is -2.31. The zero-order chi connectivity index (χ0) is 9.97. The molecule has 1 aromatic rings. The minimum atomic E-state index is 0.648. The van der Waals surface area contributed by atoms with Crippen molar-refractivity contribution in [2.75, 3.05) is 20.1 Å². The Bertz CT molecular complexity index is 292. The molecule has 1 aliphatic rings. The summed E-state index contributed by atoms with van der Waals surface area (Å²) in [5, 5.41) is 0. The molecule has 0 aliphatic carbocycles. The molecule has 0 radical (unpaired) electrons. The van der Waals surface area contributed by atoms with Crippen LogP contribution in [0.5, 0.6) is 0 Å². The molecule has 1 atom stereocenters. The van der Waals surface area contributed by atoms with E-state index >= 15 is 0 Å². The minimum Gasteiger partial charge on any atom is -0.306 e. The summed E-state index contributed by atoms with van der Waals surface area (Å²) in [7, 11) is 2.19. The van der Waals surface area contributed by atoms with Crippen molar-refractivity contribution in [3.8, 4) is 0 Å². The molecule has 0 aromatic carbocycles. The van der Waals surface area contributed by atoms with Crippen LogP contribution in [0.3, 0.4) is 0 Å². The van der Waals surface area contributed by atoms with Crippen LogP contribution in [0.15, 0.2) is 18.3 Å². The predicted octanol–water partition coefficient (Wildman–Crippen LogP) is 2.20. The number of aryl methyl sites for hydroxylation is 1. The van der Waals surface area contributed by atoms with E-state index in [0.29, 0.717) is 5.92 Å². The lowest BCUT2D eigenvalue weighted by atomic mass is 9.94. The Hall–Kier alpha value is -0.890. The zero-order valence-corrected chi connectivity index (χ0v) is 9.03. The lowest BCUT2D eigenvalue weighted by Gasteiger charge is -2.29. The molecule has 2 heteroatoms. The summed E-state index contributed by atoms with van der Waals surface area (Å²) in [5.74, 6) is 0.648. The molecule has 1 aromatic heterocycles. The number of hydrogen-bond donors (Lipinski definition) is 0. The van der Waals surface area contributed by atoms with Gasteiger partial charge in [0.15, 0.2) is 0 Å². The maximum absolute atomic E-state index is 4.51. The molecule has 2 nitrogen and oxygen atoms in total. The van der Waals surface area contributed by atoms with Crippen LogP contribution in [0, 0.1) is 6.92 Å². The molecule has 0 N–H and O–H groups in total. The summed E-state index contributed by atoms with van der Waals surface area (Å²) in [4.78, 5) is 6.91. The van der Waals surface area contributed by atoms with Crippen LogP contribution in [0.1, 0.15) is 30.0 Å². The molecule has 0 amide bonds. The van der Waals surface area contributed by atoms with Gasteiger partial charge in [0.2, 0.25) is 0 Å². The van der Waals surface area contributed by atoms with E-state index in [9.17, 15) is 0 Å². The number of aromatic nitrogens is 1. The number of pyridine rings is 1. The highest BCUT2D eigenvalue weighted by atomic mass is 15.1. The normalized spacial score (nSPS) is 23.7. The van der Waals surface area contributed by atoms with Crippen molar-refractivity contribution in [3.63, 3.8) is 0 Å². The topological polar surface area (TPSA) is 16.1 Å². The molecule has 76 valence electrons. The van der Waals surface area contributed by atoms with E-state index in [4.69, 9.17) is 0 Å². The van der Waals surface area contributed by atoms with Crippen LogP contribution in [0.2, 0.25) is 0 Å². The predicted molar refractivity (Wildman–Crippen MR) is 58.4 cm³/mol. The summed E-state index contributed by atoms with van der Waals surface area (Å²) in [6.07, 6.45) is 4.57. The Morgan fingerprint density at radius 1 is 1.43 bits per heavy atom. The molecular weight excluding hydrogens is 172 g/mol. The Labute approximate surface area is 86.0 Å². The van der Waals surface area contributed by atoms with Gasteiger partial charge in [-0.1, -0.05) is 6.07 Å². The standard InChI is InChI=1S/C12H18N2/c1-10-5-6-12(13-8-10)11-4-3-7-14(2)9-11/h5-6,8,11H,3-4,7,9H2,1-2H3/t11-/m0/s1. The second-order valence-electron chi connectivity index (χ2n) is 4.36. The monoisotopic (exact) mass is 190 g/mol. The molecule has 1 fully saturated rings. The van der Waals surface area contributed by atoms with Gasteiger partial charge in [-0.05, 0) is 45.0 Å². The SMILES string of the molecule is Cc1ccc([C@H]2CCCN(C)C2)nc1. The molecule has 2 heterocycles. The van der Waals surface area contributed by atoms with Crippen molar-refractivity contribution >= 4 is 0 Å². The third kappa shape index (κ3) is 2.13. The van der Waals surface area contributed by atoms with Crippen LogP contribution in [0.25, 0.3) is 0 Å². The van der Waals surface area contributed by atoms with Gasteiger partial charge in [0, 0.05) is 24.4 Å². The maximum Gasteiger partial charge on any atom is 0.0447 e. The van der Waals surface area contributed by atoms with Gasteiger partial charge in [-0.3, -0.25) is 4.98 Å². The largest absolute Gasteiger partial charge is 0.306 e. The summed E-state index contributed by atoms with van der Waals surface area (Å²) >= 11 is 0. The highest BCUT2D eigenvalue weighted by molar-refractivity contribution is 5.16. The summed E-state index contributed by atoms with van der Waals surface area (Å²) < 4.78 is 0. The molecular formula is C12H18N2. The van der Waals surface area contributed by atoms with E-state index in [1.54, 1.807) is 0 Å². The highest BCUT2D eigenvalue weighted by Gasteiger charge is 2.19. The van der Waals surface area contributed by atoms with Crippen molar-refractivity contribution in [2.24, 2.45) is 0 Å². The van der Waals surface area contributed by atoms with Crippen molar-refractivity contribution in [2.45, 2.75) is 25.7 Å². The second kappa shape index (κ2) is 4.09. The number of rotatable bonds is 1. The average molecular weight is 190 g/mol. The van der Waals surface area contributed by atoms with Gasteiger partial charge in [0.1, 0.15) is 0 Å². The number of likely N-dealkylation sites (N-methyl/N-ethyl adjacent to an activating group) is 1. The number of likely N-dealkylation sites (tertiary alicyclic amines) is 1. The summed E-state index contributed by atoms with van der Waals surface area (Å²) in [5.41, 5.74) is 2.51. The van der Waals surface area contributed by atoms with Gasteiger partial charge >= 0.3 is 0 Å². The maximum atomic E-state index is 4.51. The van der Waals surface area contributed by atoms with Gasteiger partial charge in [0.05, 0.1) is 0 Å². The van der Waals surface area contributed by atoms with Crippen molar-refractivity contribution in [1.82, 2.24) is 9.88 Å². The van der Waals surface area contributed by atoms with Crippen LogP contribution in [-0.4, -0.2) is 30.0 Å². The summed E-state index contributed by atoms with van der Waals surface area (Å²) in [6, 6.07) is 4.34. The van der Waals surface area contributed by atoms with E-state index in [1.165, 1.54) is 30.6 Å². The van der Waals surface area contributed by atoms with Crippen molar-refractivity contribution in [3.05, 3.63) is 29.6 Å². The quantitative estimate of drug-likeness (QED) is 0.675. The molecule has 0 spiro atoms. The fourth-order valence-corrected chi connectivity index (χ4v) is 2.13. The first-order valence-electron chi connectivity index (χ1n) is 5.37. The smallest absolute Gasteiger partial charge is 0.0447 e. The van der Waals surface area contributed by atoms with E-state index < -0.39 is 0 Å². The average Bonchev–Trinajstić information content (AvgIpc) is 2.19. The molecule has 0 unspecified atom stereocenters. The van der Waals surface area contributed by atoms with Gasteiger partial charge in [-0.2, -0.15) is 0 Å². The Balaban J connectivity index is 2.10. The number of piperidine rings is 1. The Morgan fingerprint density at radius 2 is 2.29 bits per heavy atom. The number of hydrogen-bond acceptors (Lipinski definition) is 2. The molecule has 14 heavy (non-hydrogen) atoms. The second-order valence-corrected chi connectivity index (χ2v) is 4.36. The Morgan fingerprint density at radius 3 is 2.93 bits per heavy atom. The van der Waals surface area contributed by atoms with Crippen LogP contribution < -0.4 is 0 Å². The van der Waals surface area contributed by atoms with Crippen LogP contribution >= 0.6 is 0 Å². The first kappa shape index (κ1) is 9.66. The fourth-order valence-electron chi connectivity index (χ4n) is 2.13. The number of nitrogens with zero attached hydrogens (tertiary/aromatic N) is 2. The zero-order valence-electron chi connectivity index (χ0n) is 9.03. The minimum absolute atomic E-state index is 0.648. The van der Waals surface area contributed by atoms with Gasteiger partial charge in [-0.25, -0.2) is 0 Å². The highest BCUT2D eigenvalue weighted by Crippen LogP contribution is 2.24. The first-order valence-corrected chi connectivity index (χ1v) is 5.37. The lowest BCUT2D eigenvalue weighted by molar-refractivity contribution is 0.248.